The van der Waals surface area contributed by atoms with Gasteiger partial charge in [-0.1, -0.05) is 11.6 Å². The third-order valence-corrected chi connectivity index (χ3v) is 3.40. The number of aromatic nitrogens is 1. The summed E-state index contributed by atoms with van der Waals surface area (Å²) in [4.78, 5) is 15.0. The molecule has 2 aromatic rings. The molecule has 0 radical (unpaired) electrons. The molecule has 14 heavy (non-hydrogen) atoms. The van der Waals surface area contributed by atoms with Crippen molar-refractivity contribution in [2.24, 2.45) is 5.73 Å². The minimum atomic E-state index is -0.498. The third-order valence-electron chi connectivity index (χ3n) is 1.96. The average molecular weight is 227 g/mol. The molecule has 0 bridgehead atoms. The number of nitrogens with zero attached hydrogens (tertiary/aromatic N) is 1. The van der Waals surface area contributed by atoms with E-state index in [2.05, 4.69) is 4.98 Å². The van der Waals surface area contributed by atoms with Gasteiger partial charge >= 0.3 is 0 Å². The van der Waals surface area contributed by atoms with Crippen LogP contribution in [0.3, 0.4) is 0 Å². The highest BCUT2D eigenvalue weighted by Gasteiger charge is 2.11. The summed E-state index contributed by atoms with van der Waals surface area (Å²) in [6, 6.07) is 3.64. The first-order chi connectivity index (χ1) is 6.59. The number of thiazole rings is 1. The number of hydrogen-bond acceptors (Lipinski definition) is 3. The molecule has 0 saturated carbocycles. The Morgan fingerprint density at radius 1 is 1.57 bits per heavy atom. The van der Waals surface area contributed by atoms with Crippen molar-refractivity contribution in [1.82, 2.24) is 4.98 Å². The molecule has 0 fully saturated rings. The fourth-order valence-electron chi connectivity index (χ4n) is 1.21. The third kappa shape index (κ3) is 1.36. The van der Waals surface area contributed by atoms with Gasteiger partial charge in [0.1, 0.15) is 0 Å². The topological polar surface area (TPSA) is 56.0 Å². The minimum absolute atomic E-state index is 0.324. The van der Waals surface area contributed by atoms with Gasteiger partial charge in [0.15, 0.2) is 5.01 Å². The molecule has 2 rings (SSSR count). The number of rotatable bonds is 1. The molecule has 1 aromatic heterocycles. The highest BCUT2D eigenvalue weighted by Crippen LogP contribution is 2.28. The summed E-state index contributed by atoms with van der Waals surface area (Å²) in [5, 5.41) is 0.976. The van der Waals surface area contributed by atoms with Gasteiger partial charge in [-0.05, 0) is 24.6 Å². The lowest BCUT2D eigenvalue weighted by atomic mass is 10.2. The number of aryl methyl sites for hydroxylation is 1. The molecular weight excluding hydrogens is 220 g/mol. The zero-order valence-electron chi connectivity index (χ0n) is 7.37. The predicted molar refractivity (Wildman–Crippen MR) is 57.9 cm³/mol. The molecule has 5 heteroatoms. The zero-order valence-corrected chi connectivity index (χ0v) is 8.95. The second-order valence-electron chi connectivity index (χ2n) is 2.90. The maximum atomic E-state index is 10.9. The molecule has 3 nitrogen and oxygen atoms in total. The SMILES string of the molecule is Cc1c(Cl)ccc2sc(C(N)=O)nc12. The number of carbonyl (C=O) groups excluding carboxylic acids is 1. The largest absolute Gasteiger partial charge is 0.364 e. The van der Waals surface area contributed by atoms with Crippen LogP contribution in [-0.4, -0.2) is 10.9 Å². The summed E-state index contributed by atoms with van der Waals surface area (Å²) in [6.45, 7) is 1.87. The second-order valence-corrected chi connectivity index (χ2v) is 4.34. The lowest BCUT2D eigenvalue weighted by Crippen LogP contribution is -2.09. The van der Waals surface area contributed by atoms with Crippen molar-refractivity contribution in [1.29, 1.82) is 0 Å². The number of amides is 1. The van der Waals surface area contributed by atoms with Gasteiger partial charge in [-0.3, -0.25) is 4.79 Å². The van der Waals surface area contributed by atoms with Crippen LogP contribution in [-0.2, 0) is 0 Å². The van der Waals surface area contributed by atoms with Crippen molar-refractivity contribution in [2.75, 3.05) is 0 Å². The van der Waals surface area contributed by atoms with E-state index in [4.69, 9.17) is 17.3 Å². The van der Waals surface area contributed by atoms with E-state index in [0.29, 0.717) is 10.0 Å². The van der Waals surface area contributed by atoms with E-state index in [0.717, 1.165) is 15.8 Å². The van der Waals surface area contributed by atoms with Crippen LogP contribution >= 0.6 is 22.9 Å². The molecule has 0 aliphatic rings. The van der Waals surface area contributed by atoms with E-state index in [1.54, 1.807) is 6.07 Å². The monoisotopic (exact) mass is 226 g/mol. The molecule has 2 N–H and O–H groups in total. The maximum Gasteiger partial charge on any atom is 0.277 e. The minimum Gasteiger partial charge on any atom is -0.364 e. The Labute approximate surface area is 89.5 Å². The number of fused-ring (bicyclic) bond motifs is 1. The van der Waals surface area contributed by atoms with E-state index < -0.39 is 5.91 Å². The first-order valence-corrected chi connectivity index (χ1v) is 5.14. The van der Waals surface area contributed by atoms with E-state index in [1.165, 1.54) is 11.3 Å². The van der Waals surface area contributed by atoms with Crippen molar-refractivity contribution < 1.29 is 4.79 Å². The molecule has 0 unspecified atom stereocenters. The Balaban J connectivity index is 2.77. The number of benzene rings is 1. The van der Waals surface area contributed by atoms with Crippen LogP contribution in [0.5, 0.6) is 0 Å². The number of halogens is 1. The average Bonchev–Trinajstić information content (AvgIpc) is 2.56. The van der Waals surface area contributed by atoms with Crippen molar-refractivity contribution in [3.05, 3.63) is 27.7 Å². The molecule has 0 spiro atoms. The van der Waals surface area contributed by atoms with Crippen LogP contribution in [0.1, 0.15) is 15.4 Å². The zero-order chi connectivity index (χ0) is 10.3. The summed E-state index contributed by atoms with van der Waals surface area (Å²) in [5.74, 6) is -0.498. The summed E-state index contributed by atoms with van der Waals surface area (Å²) in [5.41, 5.74) is 6.78. The lowest BCUT2D eigenvalue weighted by molar-refractivity contribution is 0.1000. The van der Waals surface area contributed by atoms with Crippen LogP contribution < -0.4 is 5.73 Å². The van der Waals surface area contributed by atoms with Gasteiger partial charge in [0.25, 0.3) is 5.91 Å². The number of nitrogens with two attached hydrogens (primary N) is 1. The molecule has 0 atom stereocenters. The Hall–Kier alpha value is -1.13. The summed E-state index contributed by atoms with van der Waals surface area (Å²) in [6.07, 6.45) is 0. The predicted octanol–water partition coefficient (Wildman–Crippen LogP) is 2.36. The molecule has 0 aliphatic heterocycles. The van der Waals surface area contributed by atoms with Crippen molar-refractivity contribution in [3.8, 4) is 0 Å². The summed E-state index contributed by atoms with van der Waals surface area (Å²) in [7, 11) is 0. The number of primary amides is 1. The Kier molecular flexibility index (Phi) is 2.17. The fraction of sp³-hybridized carbons (Fsp3) is 0.111. The highest BCUT2D eigenvalue weighted by atomic mass is 35.5. The molecule has 1 amide bonds. The first kappa shape index (κ1) is 9.43. The van der Waals surface area contributed by atoms with Gasteiger partial charge in [-0.25, -0.2) is 4.98 Å². The number of carbonyl (C=O) groups is 1. The van der Waals surface area contributed by atoms with Crippen molar-refractivity contribution in [3.63, 3.8) is 0 Å². The van der Waals surface area contributed by atoms with Crippen LogP contribution in [0.25, 0.3) is 10.2 Å². The standard InChI is InChI=1S/C9H7ClN2OS/c1-4-5(10)2-3-6-7(4)12-9(14-6)8(11)13/h2-3H,1H3,(H2,11,13). The summed E-state index contributed by atoms with van der Waals surface area (Å²) < 4.78 is 0.931. The van der Waals surface area contributed by atoms with E-state index in [1.807, 2.05) is 13.0 Å². The molecule has 1 aromatic carbocycles. The van der Waals surface area contributed by atoms with Crippen LogP contribution in [0.15, 0.2) is 12.1 Å². The van der Waals surface area contributed by atoms with E-state index in [-0.39, 0.29) is 0 Å². The first-order valence-electron chi connectivity index (χ1n) is 3.95. The van der Waals surface area contributed by atoms with Crippen molar-refractivity contribution in [2.45, 2.75) is 6.92 Å². The molecule has 72 valence electrons. The Bertz CT molecular complexity index is 521. The van der Waals surface area contributed by atoms with Gasteiger partial charge in [0.2, 0.25) is 0 Å². The van der Waals surface area contributed by atoms with Crippen LogP contribution in [0.2, 0.25) is 5.02 Å². The molecule has 1 heterocycles. The highest BCUT2D eigenvalue weighted by molar-refractivity contribution is 7.20. The van der Waals surface area contributed by atoms with E-state index >= 15 is 0 Å². The Morgan fingerprint density at radius 3 is 2.93 bits per heavy atom. The van der Waals surface area contributed by atoms with E-state index in [9.17, 15) is 4.79 Å². The second kappa shape index (κ2) is 3.22. The van der Waals surface area contributed by atoms with Crippen LogP contribution in [0, 0.1) is 6.92 Å². The molecule has 0 aliphatic carbocycles. The van der Waals surface area contributed by atoms with Gasteiger partial charge < -0.3 is 5.73 Å². The Morgan fingerprint density at radius 2 is 2.29 bits per heavy atom. The van der Waals surface area contributed by atoms with Gasteiger partial charge in [-0.2, -0.15) is 0 Å². The fourth-order valence-corrected chi connectivity index (χ4v) is 2.24. The molecular formula is C9H7ClN2OS. The summed E-state index contributed by atoms with van der Waals surface area (Å²) >= 11 is 7.21. The normalized spacial score (nSPS) is 10.7. The maximum absolute atomic E-state index is 10.9. The van der Waals surface area contributed by atoms with Crippen LogP contribution in [0.4, 0.5) is 0 Å². The van der Waals surface area contributed by atoms with Crippen molar-refractivity contribution >= 4 is 39.1 Å². The smallest absolute Gasteiger partial charge is 0.277 e. The lowest BCUT2D eigenvalue weighted by Gasteiger charge is -1.95. The van der Waals surface area contributed by atoms with Gasteiger partial charge in [-0.15, -0.1) is 11.3 Å². The molecule has 0 saturated heterocycles. The van der Waals surface area contributed by atoms with Gasteiger partial charge in [0, 0.05) is 5.02 Å². The van der Waals surface area contributed by atoms with Gasteiger partial charge in [0.05, 0.1) is 10.2 Å². The quantitative estimate of drug-likeness (QED) is 0.812. The number of hydrogen-bond donors (Lipinski definition) is 1.